The van der Waals surface area contributed by atoms with E-state index in [4.69, 9.17) is 10.00 Å². The molecule has 1 aliphatic heterocycles. The molecule has 1 amide bonds. The Morgan fingerprint density at radius 2 is 1.88 bits per heavy atom. The van der Waals surface area contributed by atoms with Crippen LogP contribution < -0.4 is 10.2 Å². The molecular formula is C20H21N3O2S. The van der Waals surface area contributed by atoms with Crippen LogP contribution in [0.4, 0.5) is 11.4 Å². The number of nitriles is 1. The molecule has 1 aliphatic rings. The number of ether oxygens (including phenoxy) is 1. The number of nitrogens with one attached hydrogen (secondary N) is 1. The van der Waals surface area contributed by atoms with Crippen LogP contribution in [-0.4, -0.2) is 38.0 Å². The quantitative estimate of drug-likeness (QED) is 0.849. The van der Waals surface area contributed by atoms with E-state index in [0.29, 0.717) is 24.5 Å². The first-order valence-corrected chi connectivity index (χ1v) is 9.70. The predicted octanol–water partition coefficient (Wildman–Crippen LogP) is 3.27. The zero-order valence-corrected chi connectivity index (χ0v) is 15.3. The Labute approximate surface area is 158 Å². The third-order valence-corrected chi connectivity index (χ3v) is 5.12. The van der Waals surface area contributed by atoms with Crippen LogP contribution in [0.2, 0.25) is 0 Å². The number of rotatable bonds is 6. The molecule has 0 spiro atoms. The smallest absolute Gasteiger partial charge is 0.234 e. The summed E-state index contributed by atoms with van der Waals surface area (Å²) in [7, 11) is 0. The molecule has 0 atom stereocenters. The average Bonchev–Trinajstić information content (AvgIpc) is 2.69. The number of para-hydroxylation sites is 2. The molecule has 2 aromatic rings. The topological polar surface area (TPSA) is 65.4 Å². The number of benzene rings is 2. The average molecular weight is 367 g/mol. The van der Waals surface area contributed by atoms with Gasteiger partial charge in [-0.1, -0.05) is 24.3 Å². The fourth-order valence-electron chi connectivity index (χ4n) is 2.78. The maximum Gasteiger partial charge on any atom is 0.234 e. The maximum absolute atomic E-state index is 12.3. The summed E-state index contributed by atoms with van der Waals surface area (Å²) >= 11 is 1.56. The minimum Gasteiger partial charge on any atom is -0.378 e. The molecule has 1 saturated heterocycles. The lowest BCUT2D eigenvalue weighted by atomic mass is 10.2. The van der Waals surface area contributed by atoms with Crippen molar-refractivity contribution in [2.45, 2.75) is 5.75 Å². The van der Waals surface area contributed by atoms with Gasteiger partial charge >= 0.3 is 0 Å². The first kappa shape index (κ1) is 18.3. The summed E-state index contributed by atoms with van der Waals surface area (Å²) in [5.41, 5.74) is 3.64. The number of carbonyl (C=O) groups is 1. The molecule has 1 fully saturated rings. The van der Waals surface area contributed by atoms with Gasteiger partial charge in [-0.2, -0.15) is 5.26 Å². The molecule has 6 heteroatoms. The fraction of sp³-hybridized carbons (Fsp3) is 0.300. The molecule has 1 N–H and O–H groups in total. The van der Waals surface area contributed by atoms with E-state index >= 15 is 0 Å². The summed E-state index contributed by atoms with van der Waals surface area (Å²) in [4.78, 5) is 14.6. The molecule has 0 aliphatic carbocycles. The molecule has 0 unspecified atom stereocenters. The van der Waals surface area contributed by atoms with Gasteiger partial charge in [-0.25, -0.2) is 0 Å². The van der Waals surface area contributed by atoms with Crippen molar-refractivity contribution < 1.29 is 9.53 Å². The van der Waals surface area contributed by atoms with E-state index in [-0.39, 0.29) is 5.91 Å². The van der Waals surface area contributed by atoms with Crippen LogP contribution >= 0.6 is 11.8 Å². The highest BCUT2D eigenvalue weighted by molar-refractivity contribution is 7.99. The fourth-order valence-corrected chi connectivity index (χ4v) is 3.57. The van der Waals surface area contributed by atoms with Crippen LogP contribution in [0.3, 0.4) is 0 Å². The zero-order chi connectivity index (χ0) is 18.2. The number of thioether (sulfide) groups is 1. The number of hydrogen-bond acceptors (Lipinski definition) is 5. The number of anilines is 2. The largest absolute Gasteiger partial charge is 0.378 e. The summed E-state index contributed by atoms with van der Waals surface area (Å²) in [6.45, 7) is 3.09. The molecule has 5 nitrogen and oxygen atoms in total. The number of nitrogens with zero attached hydrogens (tertiary/aromatic N) is 2. The van der Waals surface area contributed by atoms with E-state index in [2.05, 4.69) is 16.3 Å². The molecular weight excluding hydrogens is 346 g/mol. The Bertz CT molecular complexity index is 780. The van der Waals surface area contributed by atoms with E-state index in [0.717, 1.165) is 35.8 Å². The normalized spacial score (nSPS) is 13.9. The first-order valence-electron chi connectivity index (χ1n) is 8.54. The van der Waals surface area contributed by atoms with Crippen molar-refractivity contribution in [3.63, 3.8) is 0 Å². The Kier molecular flexibility index (Phi) is 6.53. The van der Waals surface area contributed by atoms with Gasteiger partial charge in [0.1, 0.15) is 0 Å². The second-order valence-electron chi connectivity index (χ2n) is 5.97. The standard InChI is InChI=1S/C20H21N3O2S/c21-13-16-5-7-17(8-6-16)14-26-15-20(24)22-18-3-1-2-4-19(18)23-9-11-25-12-10-23/h1-8H,9-12,14-15H2,(H,22,24). The molecule has 2 aromatic carbocycles. The number of hydrogen-bond donors (Lipinski definition) is 1. The van der Waals surface area contributed by atoms with Gasteiger partial charge in [-0.15, -0.1) is 11.8 Å². The predicted molar refractivity (Wildman–Crippen MR) is 105 cm³/mol. The van der Waals surface area contributed by atoms with Crippen molar-refractivity contribution >= 4 is 29.0 Å². The lowest BCUT2D eigenvalue weighted by Gasteiger charge is -2.30. The van der Waals surface area contributed by atoms with Gasteiger partial charge in [-0.05, 0) is 29.8 Å². The minimum absolute atomic E-state index is 0.00986. The summed E-state index contributed by atoms with van der Waals surface area (Å²) in [5.74, 6) is 1.12. The van der Waals surface area contributed by atoms with Crippen LogP contribution in [0.1, 0.15) is 11.1 Å². The molecule has 0 aromatic heterocycles. The SMILES string of the molecule is N#Cc1ccc(CSCC(=O)Nc2ccccc2N2CCOCC2)cc1. The van der Waals surface area contributed by atoms with Crippen LogP contribution in [0.15, 0.2) is 48.5 Å². The number of morpholine rings is 1. The second kappa shape index (κ2) is 9.27. The highest BCUT2D eigenvalue weighted by Crippen LogP contribution is 2.26. The van der Waals surface area contributed by atoms with Gasteiger partial charge in [0.05, 0.1) is 42.0 Å². The number of amides is 1. The molecule has 1 heterocycles. The van der Waals surface area contributed by atoms with Crippen molar-refractivity contribution in [2.75, 3.05) is 42.3 Å². The van der Waals surface area contributed by atoms with Gasteiger partial charge in [0.15, 0.2) is 0 Å². The van der Waals surface area contributed by atoms with E-state index in [1.165, 1.54) is 0 Å². The zero-order valence-electron chi connectivity index (χ0n) is 14.5. The molecule has 3 rings (SSSR count). The highest BCUT2D eigenvalue weighted by Gasteiger charge is 2.15. The van der Waals surface area contributed by atoms with Crippen LogP contribution in [0, 0.1) is 11.3 Å². The van der Waals surface area contributed by atoms with E-state index in [1.807, 2.05) is 36.4 Å². The minimum atomic E-state index is -0.00986. The third-order valence-electron chi connectivity index (χ3n) is 4.11. The Balaban J connectivity index is 1.52. The summed E-state index contributed by atoms with van der Waals surface area (Å²) in [5, 5.41) is 11.8. The van der Waals surface area contributed by atoms with Crippen molar-refractivity contribution in [3.05, 3.63) is 59.7 Å². The summed E-state index contributed by atoms with van der Waals surface area (Å²) in [6, 6.07) is 17.5. The highest BCUT2D eigenvalue weighted by atomic mass is 32.2. The molecule has 0 bridgehead atoms. The van der Waals surface area contributed by atoms with Crippen molar-refractivity contribution in [1.29, 1.82) is 5.26 Å². The van der Waals surface area contributed by atoms with Gasteiger partial charge in [-0.3, -0.25) is 4.79 Å². The van der Waals surface area contributed by atoms with Gasteiger partial charge in [0, 0.05) is 18.8 Å². The van der Waals surface area contributed by atoms with E-state index < -0.39 is 0 Å². The van der Waals surface area contributed by atoms with Crippen molar-refractivity contribution in [2.24, 2.45) is 0 Å². The Morgan fingerprint density at radius 3 is 2.62 bits per heavy atom. The third kappa shape index (κ3) is 5.01. The molecule has 0 radical (unpaired) electrons. The molecule has 26 heavy (non-hydrogen) atoms. The monoisotopic (exact) mass is 367 g/mol. The van der Waals surface area contributed by atoms with E-state index in [9.17, 15) is 4.79 Å². The lowest BCUT2D eigenvalue weighted by Crippen LogP contribution is -2.36. The van der Waals surface area contributed by atoms with Gasteiger partial charge in [0.2, 0.25) is 5.91 Å². The lowest BCUT2D eigenvalue weighted by molar-refractivity contribution is -0.113. The van der Waals surface area contributed by atoms with Crippen LogP contribution in [-0.2, 0) is 15.3 Å². The second-order valence-corrected chi connectivity index (χ2v) is 6.95. The van der Waals surface area contributed by atoms with Crippen LogP contribution in [0.5, 0.6) is 0 Å². The molecule has 134 valence electrons. The van der Waals surface area contributed by atoms with Crippen molar-refractivity contribution in [1.82, 2.24) is 0 Å². The first-order chi connectivity index (χ1) is 12.8. The van der Waals surface area contributed by atoms with Gasteiger partial charge < -0.3 is 15.0 Å². The summed E-state index contributed by atoms with van der Waals surface area (Å²) < 4.78 is 5.40. The van der Waals surface area contributed by atoms with E-state index in [1.54, 1.807) is 23.9 Å². The van der Waals surface area contributed by atoms with Gasteiger partial charge in [0.25, 0.3) is 0 Å². The molecule has 0 saturated carbocycles. The maximum atomic E-state index is 12.3. The Hall–Kier alpha value is -2.49. The summed E-state index contributed by atoms with van der Waals surface area (Å²) in [6.07, 6.45) is 0. The van der Waals surface area contributed by atoms with Crippen LogP contribution in [0.25, 0.3) is 0 Å². The van der Waals surface area contributed by atoms with Crippen molar-refractivity contribution in [3.8, 4) is 6.07 Å². The number of carbonyl (C=O) groups excluding carboxylic acids is 1. The Morgan fingerprint density at radius 1 is 1.15 bits per heavy atom.